The zero-order valence-electron chi connectivity index (χ0n) is 15.3. The highest BCUT2D eigenvalue weighted by atomic mass is 15.3. The quantitative estimate of drug-likeness (QED) is 0.673. The number of benzene rings is 1. The Bertz CT molecular complexity index is 600. The third-order valence-corrected chi connectivity index (χ3v) is 4.40. The molecule has 0 fully saturated rings. The minimum absolute atomic E-state index is 0.372. The van der Waals surface area contributed by atoms with Crippen molar-refractivity contribution in [1.82, 2.24) is 14.5 Å². The van der Waals surface area contributed by atoms with Crippen LogP contribution in [-0.2, 0) is 0 Å². The summed E-state index contributed by atoms with van der Waals surface area (Å²) in [6.45, 7) is 13.5. The smallest absolute Gasteiger partial charge is 0.141 e. The van der Waals surface area contributed by atoms with Crippen molar-refractivity contribution in [1.29, 1.82) is 0 Å². The van der Waals surface area contributed by atoms with E-state index in [4.69, 9.17) is 0 Å². The van der Waals surface area contributed by atoms with Crippen molar-refractivity contribution in [2.45, 2.75) is 53.6 Å². The lowest BCUT2D eigenvalue weighted by molar-refractivity contribution is 0.125. The molecule has 0 aliphatic rings. The van der Waals surface area contributed by atoms with Crippen LogP contribution in [0.1, 0.15) is 52.3 Å². The van der Waals surface area contributed by atoms with E-state index < -0.39 is 0 Å². The maximum absolute atomic E-state index is 4.69. The van der Waals surface area contributed by atoms with Crippen molar-refractivity contribution < 1.29 is 0 Å². The lowest BCUT2D eigenvalue weighted by atomic mass is 10.1. The maximum Gasteiger partial charge on any atom is 0.141 e. The van der Waals surface area contributed by atoms with Crippen molar-refractivity contribution in [3.8, 4) is 11.4 Å². The molecule has 0 N–H and O–H groups in total. The first-order valence-corrected chi connectivity index (χ1v) is 8.91. The first-order valence-electron chi connectivity index (χ1n) is 8.91. The second-order valence-electron chi connectivity index (χ2n) is 6.71. The Morgan fingerprint density at radius 1 is 1.17 bits per heavy atom. The molecule has 1 heterocycles. The minimum atomic E-state index is 0.372. The van der Waals surface area contributed by atoms with Crippen LogP contribution in [0.15, 0.2) is 36.7 Å². The van der Waals surface area contributed by atoms with E-state index in [-0.39, 0.29) is 0 Å². The molecule has 0 aliphatic heterocycles. The van der Waals surface area contributed by atoms with Crippen LogP contribution in [0, 0.1) is 12.8 Å². The van der Waals surface area contributed by atoms with Gasteiger partial charge in [-0.25, -0.2) is 4.98 Å². The first kappa shape index (κ1) is 17.7. The first-order chi connectivity index (χ1) is 11.1. The molecule has 1 aromatic carbocycles. The number of aromatic nitrogens is 2. The van der Waals surface area contributed by atoms with E-state index in [1.807, 2.05) is 6.20 Å². The molecule has 2 rings (SSSR count). The third kappa shape index (κ3) is 4.23. The summed E-state index contributed by atoms with van der Waals surface area (Å²) < 4.78 is 2.38. The monoisotopic (exact) mass is 313 g/mol. The SMILES string of the molecule is CCCN(CC)C(CC(C)C)n1ccnc1-c1ccccc1C. The van der Waals surface area contributed by atoms with Crippen LogP contribution < -0.4 is 0 Å². The summed E-state index contributed by atoms with van der Waals surface area (Å²) in [7, 11) is 0. The van der Waals surface area contributed by atoms with Crippen LogP contribution in [0.2, 0.25) is 0 Å². The maximum atomic E-state index is 4.69. The molecule has 0 radical (unpaired) electrons. The van der Waals surface area contributed by atoms with Gasteiger partial charge in [-0.2, -0.15) is 0 Å². The number of aryl methyl sites for hydroxylation is 1. The second kappa shape index (κ2) is 8.30. The van der Waals surface area contributed by atoms with Crippen LogP contribution in [0.25, 0.3) is 11.4 Å². The molecule has 3 heteroatoms. The number of hydrogen-bond donors (Lipinski definition) is 0. The molecule has 3 nitrogen and oxygen atoms in total. The average Bonchev–Trinajstić information content (AvgIpc) is 3.00. The summed E-state index contributed by atoms with van der Waals surface area (Å²) in [4.78, 5) is 7.26. The van der Waals surface area contributed by atoms with Gasteiger partial charge in [0.25, 0.3) is 0 Å². The molecule has 1 unspecified atom stereocenters. The van der Waals surface area contributed by atoms with E-state index in [1.165, 1.54) is 17.5 Å². The van der Waals surface area contributed by atoms with E-state index in [9.17, 15) is 0 Å². The summed E-state index contributed by atoms with van der Waals surface area (Å²) in [6, 6.07) is 8.53. The number of nitrogens with zero attached hydrogens (tertiary/aromatic N) is 3. The Hall–Kier alpha value is -1.61. The Kier molecular flexibility index (Phi) is 6.40. The van der Waals surface area contributed by atoms with Crippen molar-refractivity contribution >= 4 is 0 Å². The van der Waals surface area contributed by atoms with Crippen LogP contribution in [0.3, 0.4) is 0 Å². The molecule has 126 valence electrons. The highest BCUT2D eigenvalue weighted by Crippen LogP contribution is 2.29. The van der Waals surface area contributed by atoms with Crippen molar-refractivity contribution in [2.75, 3.05) is 13.1 Å². The highest BCUT2D eigenvalue weighted by Gasteiger charge is 2.22. The number of imidazole rings is 1. The summed E-state index contributed by atoms with van der Waals surface area (Å²) in [5.41, 5.74) is 2.51. The van der Waals surface area contributed by atoms with Crippen LogP contribution in [-0.4, -0.2) is 27.5 Å². The zero-order valence-corrected chi connectivity index (χ0v) is 15.3. The van der Waals surface area contributed by atoms with E-state index in [0.29, 0.717) is 12.1 Å². The summed E-state index contributed by atoms with van der Waals surface area (Å²) in [5.74, 6) is 1.74. The molecule has 0 aliphatic carbocycles. The molecular weight excluding hydrogens is 282 g/mol. The molecule has 0 saturated heterocycles. The fraction of sp³-hybridized carbons (Fsp3) is 0.550. The van der Waals surface area contributed by atoms with Gasteiger partial charge in [-0.15, -0.1) is 0 Å². The van der Waals surface area contributed by atoms with E-state index >= 15 is 0 Å². The fourth-order valence-electron chi connectivity index (χ4n) is 3.25. The lowest BCUT2D eigenvalue weighted by Gasteiger charge is -2.34. The van der Waals surface area contributed by atoms with Crippen molar-refractivity contribution in [3.63, 3.8) is 0 Å². The van der Waals surface area contributed by atoms with E-state index in [2.05, 4.69) is 79.5 Å². The predicted octanol–water partition coefficient (Wildman–Crippen LogP) is 5.14. The van der Waals surface area contributed by atoms with E-state index in [1.54, 1.807) is 0 Å². The Morgan fingerprint density at radius 3 is 2.52 bits per heavy atom. The molecule has 0 amide bonds. The van der Waals surface area contributed by atoms with Crippen LogP contribution >= 0.6 is 0 Å². The van der Waals surface area contributed by atoms with Gasteiger partial charge in [-0.05, 0) is 44.3 Å². The van der Waals surface area contributed by atoms with E-state index in [0.717, 1.165) is 25.3 Å². The van der Waals surface area contributed by atoms with Gasteiger partial charge in [-0.1, -0.05) is 52.0 Å². The molecule has 2 aromatic rings. The summed E-state index contributed by atoms with van der Waals surface area (Å²) >= 11 is 0. The second-order valence-corrected chi connectivity index (χ2v) is 6.71. The van der Waals surface area contributed by atoms with Crippen LogP contribution in [0.5, 0.6) is 0 Å². The van der Waals surface area contributed by atoms with Gasteiger partial charge >= 0.3 is 0 Å². The zero-order chi connectivity index (χ0) is 16.8. The molecule has 0 saturated carbocycles. The van der Waals surface area contributed by atoms with Gasteiger partial charge in [0.05, 0.1) is 6.17 Å². The molecule has 23 heavy (non-hydrogen) atoms. The van der Waals surface area contributed by atoms with Crippen LogP contribution in [0.4, 0.5) is 0 Å². The molecule has 0 bridgehead atoms. The van der Waals surface area contributed by atoms with Gasteiger partial charge in [0.2, 0.25) is 0 Å². The van der Waals surface area contributed by atoms with Crippen molar-refractivity contribution in [3.05, 3.63) is 42.2 Å². The average molecular weight is 313 g/mol. The molecule has 0 spiro atoms. The molecule has 1 atom stereocenters. The van der Waals surface area contributed by atoms with Crippen molar-refractivity contribution in [2.24, 2.45) is 5.92 Å². The molecule has 1 aromatic heterocycles. The van der Waals surface area contributed by atoms with Gasteiger partial charge in [0.1, 0.15) is 5.82 Å². The fourth-order valence-corrected chi connectivity index (χ4v) is 3.25. The summed E-state index contributed by atoms with van der Waals surface area (Å²) in [5, 5.41) is 0. The highest BCUT2D eigenvalue weighted by molar-refractivity contribution is 5.60. The van der Waals surface area contributed by atoms with Gasteiger partial charge in [-0.3, -0.25) is 4.90 Å². The van der Waals surface area contributed by atoms with Gasteiger partial charge < -0.3 is 4.57 Å². The topological polar surface area (TPSA) is 21.1 Å². The van der Waals surface area contributed by atoms with Gasteiger partial charge in [0.15, 0.2) is 0 Å². The predicted molar refractivity (Wildman–Crippen MR) is 98.4 cm³/mol. The standard InChI is InChI=1S/C20H31N3/c1-6-13-22(7-2)19(15-16(3)4)23-14-12-21-20(23)18-11-9-8-10-17(18)5/h8-12,14,16,19H,6-7,13,15H2,1-5H3. The normalized spacial score (nSPS) is 13.0. The third-order valence-electron chi connectivity index (χ3n) is 4.40. The molecular formula is C20H31N3. The minimum Gasteiger partial charge on any atom is -0.315 e. The number of hydrogen-bond acceptors (Lipinski definition) is 2. The Morgan fingerprint density at radius 2 is 1.91 bits per heavy atom. The van der Waals surface area contributed by atoms with Gasteiger partial charge in [0, 0.05) is 18.0 Å². The summed E-state index contributed by atoms with van der Waals surface area (Å²) in [6.07, 6.45) is 6.78. The number of rotatable bonds is 8. The lowest BCUT2D eigenvalue weighted by Crippen LogP contribution is -2.34. The largest absolute Gasteiger partial charge is 0.315 e. The Labute approximate surface area is 141 Å². The Balaban J connectivity index is 2.44.